The predicted octanol–water partition coefficient (Wildman–Crippen LogP) is 6.47. The van der Waals surface area contributed by atoms with Crippen molar-refractivity contribution in [3.05, 3.63) is 102 Å². The summed E-state index contributed by atoms with van der Waals surface area (Å²) < 4.78 is 21.9. The minimum Gasteiger partial charge on any atom is -0.493 e. The number of aromatic amines is 2. The van der Waals surface area contributed by atoms with Crippen LogP contribution in [-0.2, 0) is 23.8 Å². The number of carbonyl (C=O) groups is 4. The average molecular weight is 831 g/mol. The van der Waals surface area contributed by atoms with Gasteiger partial charge in [0.2, 0.25) is 5.91 Å². The van der Waals surface area contributed by atoms with Crippen LogP contribution in [0.1, 0.15) is 73.9 Å². The Morgan fingerprint density at radius 1 is 0.770 bits per heavy atom. The van der Waals surface area contributed by atoms with Gasteiger partial charge in [-0.1, -0.05) is 60.7 Å². The molecule has 4 atom stereocenters. The molecular weight excluding hydrogens is 781 g/mol. The number of H-pyrrole nitrogens is 2. The molecular formula is C45H50N8O8. The number of alkyl carbamates (subject to hydrolysis) is 2. The van der Waals surface area contributed by atoms with E-state index in [-0.39, 0.29) is 30.5 Å². The van der Waals surface area contributed by atoms with Gasteiger partial charge < -0.3 is 49.3 Å². The summed E-state index contributed by atoms with van der Waals surface area (Å²) in [6.45, 7) is 1.95. The van der Waals surface area contributed by atoms with Gasteiger partial charge in [0.05, 0.1) is 63.3 Å². The van der Waals surface area contributed by atoms with Crippen LogP contribution in [0.25, 0.3) is 33.6 Å². The van der Waals surface area contributed by atoms with E-state index in [1.165, 1.54) is 14.2 Å². The molecule has 2 saturated heterocycles. The van der Waals surface area contributed by atoms with Crippen LogP contribution in [0.15, 0.2) is 85.2 Å². The number of fused-ring (bicyclic) bond motifs is 6. The lowest BCUT2D eigenvalue weighted by Gasteiger charge is -2.28. The number of amides is 4. The van der Waals surface area contributed by atoms with Crippen molar-refractivity contribution in [1.29, 1.82) is 0 Å². The number of carbonyl (C=O) groups excluding carboxylic acids is 4. The van der Waals surface area contributed by atoms with Crippen molar-refractivity contribution in [2.45, 2.75) is 62.7 Å². The fourth-order valence-corrected chi connectivity index (χ4v) is 8.35. The third-order valence-electron chi connectivity index (χ3n) is 11.5. The normalized spacial score (nSPS) is 19.9. The Morgan fingerprint density at radius 3 is 2.23 bits per heavy atom. The van der Waals surface area contributed by atoms with E-state index in [4.69, 9.17) is 28.9 Å². The maximum Gasteiger partial charge on any atom is 0.407 e. The highest BCUT2D eigenvalue weighted by Crippen LogP contribution is 2.38. The van der Waals surface area contributed by atoms with Crippen molar-refractivity contribution in [3.8, 4) is 39.4 Å². The highest BCUT2D eigenvalue weighted by Gasteiger charge is 2.38. The second-order valence-electron chi connectivity index (χ2n) is 15.3. The van der Waals surface area contributed by atoms with Crippen LogP contribution in [-0.4, -0.2) is 107 Å². The van der Waals surface area contributed by atoms with Gasteiger partial charge in [0.1, 0.15) is 29.5 Å². The monoisotopic (exact) mass is 830 g/mol. The van der Waals surface area contributed by atoms with Crippen molar-refractivity contribution in [2.24, 2.45) is 0 Å². The predicted molar refractivity (Wildman–Crippen MR) is 224 cm³/mol. The molecule has 0 saturated carbocycles. The summed E-state index contributed by atoms with van der Waals surface area (Å²) in [5.41, 5.74) is 6.03. The highest BCUT2D eigenvalue weighted by atomic mass is 16.5. The molecule has 3 aliphatic rings. The van der Waals surface area contributed by atoms with Gasteiger partial charge in [0.15, 0.2) is 0 Å². The van der Waals surface area contributed by atoms with Gasteiger partial charge in [-0.3, -0.25) is 9.59 Å². The van der Waals surface area contributed by atoms with E-state index in [9.17, 15) is 19.2 Å². The van der Waals surface area contributed by atoms with Gasteiger partial charge in [-0.2, -0.15) is 0 Å². The molecule has 0 aliphatic carbocycles. The fourth-order valence-electron chi connectivity index (χ4n) is 8.35. The molecule has 4 amide bonds. The molecule has 16 nitrogen and oxygen atoms in total. The number of likely N-dealkylation sites (tertiary alicyclic amines) is 1. The van der Waals surface area contributed by atoms with Gasteiger partial charge >= 0.3 is 12.2 Å². The Hall–Kier alpha value is -6.68. The number of hydrogen-bond donors (Lipinski definition) is 4. The van der Waals surface area contributed by atoms with Crippen LogP contribution in [0.4, 0.5) is 9.59 Å². The summed E-state index contributed by atoms with van der Waals surface area (Å²) in [6, 6.07) is 21.1. The molecule has 3 aliphatic heterocycles. The number of rotatable bonds is 7. The molecule has 0 radical (unpaired) electrons. The Kier molecular flexibility index (Phi) is 12.6. The largest absolute Gasteiger partial charge is 0.493 e. The first-order chi connectivity index (χ1) is 29.8. The lowest BCUT2D eigenvalue weighted by molar-refractivity contribution is -0.136. The summed E-state index contributed by atoms with van der Waals surface area (Å²) >= 11 is 0. The van der Waals surface area contributed by atoms with Crippen molar-refractivity contribution >= 4 is 24.0 Å². The molecule has 5 heterocycles. The maximum absolute atomic E-state index is 14.0. The molecule has 318 valence electrons. The van der Waals surface area contributed by atoms with E-state index in [0.29, 0.717) is 62.1 Å². The van der Waals surface area contributed by atoms with Crippen LogP contribution in [0.5, 0.6) is 5.75 Å². The van der Waals surface area contributed by atoms with Crippen LogP contribution in [0.2, 0.25) is 0 Å². The highest BCUT2D eigenvalue weighted by molar-refractivity contribution is 5.88. The molecule has 4 N–H and O–H groups in total. The minimum atomic E-state index is -0.894. The summed E-state index contributed by atoms with van der Waals surface area (Å²) in [5.74, 6) is 1.60. The number of hydrogen-bond acceptors (Lipinski definition) is 10. The standard InChI is InChI=1S/C45H50N8O8/c1-58-44(56)50-35-27-60-22-6-7-23-61-38-24-31(18-19-32(38)34-26-47-41(49-34)36-12-8-20-52(36)42(35)54)28-14-16-29(17-15-28)33-25-46-40(48-33)37-13-9-21-53(37)43(55)39(51-45(57)59-2)30-10-4-3-5-11-30/h3-5,10-11,14-19,24-26,35-37,39H,6-9,12-13,20-23,27H2,1-2H3,(H,46,48)(H,47,49)(H,50,56)(H,51,57)/t35-,36-,37-,39+/m0/s1. The number of aromatic nitrogens is 4. The fraction of sp³-hybridized carbons (Fsp3) is 0.378. The average Bonchev–Trinajstić information content (AvgIpc) is 4.14. The Morgan fingerprint density at radius 2 is 1.44 bits per heavy atom. The molecule has 0 spiro atoms. The van der Waals surface area contributed by atoms with Gasteiger partial charge in [0, 0.05) is 25.3 Å². The molecule has 3 aromatic carbocycles. The van der Waals surface area contributed by atoms with Crippen LogP contribution in [0, 0.1) is 0 Å². The van der Waals surface area contributed by atoms with Gasteiger partial charge in [0.25, 0.3) is 5.91 Å². The minimum absolute atomic E-state index is 0.0291. The zero-order valence-electron chi connectivity index (χ0n) is 34.2. The second kappa shape index (κ2) is 18.7. The Labute approximate surface area is 353 Å². The maximum atomic E-state index is 14.0. The van der Waals surface area contributed by atoms with Crippen molar-refractivity contribution in [3.63, 3.8) is 0 Å². The topological polar surface area (TPSA) is 193 Å². The molecule has 2 bridgehead atoms. The lowest BCUT2D eigenvalue weighted by atomic mass is 10.00. The van der Waals surface area contributed by atoms with E-state index in [2.05, 4.69) is 38.8 Å². The molecule has 61 heavy (non-hydrogen) atoms. The summed E-state index contributed by atoms with van der Waals surface area (Å²) in [5, 5.41) is 5.36. The second-order valence-corrected chi connectivity index (χ2v) is 15.3. The van der Waals surface area contributed by atoms with Crippen LogP contribution < -0.4 is 15.4 Å². The summed E-state index contributed by atoms with van der Waals surface area (Å²) in [4.78, 5) is 72.0. The van der Waals surface area contributed by atoms with Gasteiger partial charge in [-0.15, -0.1) is 0 Å². The number of nitrogens with one attached hydrogen (secondary N) is 4. The SMILES string of the molecule is COC(=O)N[C@H]1COCCCCOc2cc(-c3ccc(-c4cnc([C@@H]5CCCN5C(=O)[C@H](NC(=O)OC)c5ccccc5)[nH]4)cc3)ccc2-c2cnc([nH]2)[C@@H]2CCCN2C1=O. The molecule has 0 unspecified atom stereocenters. The van der Waals surface area contributed by atoms with E-state index >= 15 is 0 Å². The third-order valence-corrected chi connectivity index (χ3v) is 11.5. The summed E-state index contributed by atoms with van der Waals surface area (Å²) in [6.07, 6.45) is 6.68. The summed E-state index contributed by atoms with van der Waals surface area (Å²) in [7, 11) is 2.54. The van der Waals surface area contributed by atoms with Crippen molar-refractivity contribution < 1.29 is 38.1 Å². The lowest BCUT2D eigenvalue weighted by Crippen LogP contribution is -2.50. The third kappa shape index (κ3) is 9.09. The van der Waals surface area contributed by atoms with Crippen LogP contribution in [0.3, 0.4) is 0 Å². The van der Waals surface area contributed by atoms with E-state index in [1.807, 2.05) is 54.6 Å². The Bertz CT molecular complexity index is 2330. The quantitative estimate of drug-likeness (QED) is 0.141. The zero-order valence-corrected chi connectivity index (χ0v) is 34.2. The number of imidazole rings is 2. The molecule has 8 rings (SSSR count). The first-order valence-corrected chi connectivity index (χ1v) is 20.7. The molecule has 2 aromatic heterocycles. The first kappa shape index (κ1) is 41.1. The van der Waals surface area contributed by atoms with Crippen LogP contribution >= 0.6 is 0 Å². The van der Waals surface area contributed by atoms with E-state index in [0.717, 1.165) is 59.3 Å². The van der Waals surface area contributed by atoms with Gasteiger partial charge in [-0.25, -0.2) is 19.6 Å². The zero-order chi connectivity index (χ0) is 42.3. The molecule has 16 heteroatoms. The number of nitrogens with zero attached hydrogens (tertiary/aromatic N) is 4. The van der Waals surface area contributed by atoms with Gasteiger partial charge in [-0.05, 0) is 72.9 Å². The number of benzene rings is 3. The number of methoxy groups -OCH3 is 2. The van der Waals surface area contributed by atoms with E-state index < -0.39 is 24.3 Å². The van der Waals surface area contributed by atoms with E-state index in [1.54, 1.807) is 22.2 Å². The van der Waals surface area contributed by atoms with Crippen molar-refractivity contribution in [1.82, 2.24) is 40.4 Å². The Balaban J connectivity index is 0.998. The smallest absolute Gasteiger partial charge is 0.407 e. The molecule has 5 aromatic rings. The first-order valence-electron chi connectivity index (χ1n) is 20.7. The molecule has 2 fully saturated rings. The number of ether oxygens (including phenoxy) is 4. The van der Waals surface area contributed by atoms with Crippen molar-refractivity contribution in [2.75, 3.05) is 47.1 Å².